The smallest absolute Gasteiger partial charge is 0.407 e. The van der Waals surface area contributed by atoms with Crippen LogP contribution in [0, 0.1) is 23.2 Å². The average Bonchev–Trinajstić information content (AvgIpc) is 3.04. The first-order valence-corrected chi connectivity index (χ1v) is 16.6. The molecule has 0 spiro atoms. The summed E-state index contributed by atoms with van der Waals surface area (Å²) in [5.74, 6) is 2.03. The van der Waals surface area contributed by atoms with Gasteiger partial charge in [-0.15, -0.1) is 6.42 Å². The molecule has 3 N–H and O–H groups in total. The molecule has 2 fully saturated rings. The Hall–Kier alpha value is -4.49. The summed E-state index contributed by atoms with van der Waals surface area (Å²) in [6, 6.07) is 16.6. The second kappa shape index (κ2) is 15.2. The van der Waals surface area contributed by atoms with Gasteiger partial charge in [-0.05, 0) is 56.1 Å². The third-order valence-electron chi connectivity index (χ3n) is 9.27. The number of benzene rings is 2. The molecule has 3 amide bonds. The van der Waals surface area contributed by atoms with Gasteiger partial charge in [0.2, 0.25) is 0 Å². The number of terminal acetylenes is 1. The molecule has 10 nitrogen and oxygen atoms in total. The number of nitrogens with one attached hydrogen (secondary N) is 2. The first-order chi connectivity index (χ1) is 22.6. The van der Waals surface area contributed by atoms with Gasteiger partial charge in [0, 0.05) is 60.7 Å². The number of hydrogen-bond donors (Lipinski definition) is 3. The zero-order chi connectivity index (χ0) is 35.1. The summed E-state index contributed by atoms with van der Waals surface area (Å²) in [7, 11) is 0. The predicted molar refractivity (Wildman–Crippen MR) is 186 cm³/mol. The van der Waals surface area contributed by atoms with Gasteiger partial charge in [0.1, 0.15) is 13.2 Å². The number of ether oxygens (including phenoxy) is 2. The number of aliphatic hydroxyl groups is 1. The molecule has 4 unspecified atom stereocenters. The number of anilines is 1. The van der Waals surface area contributed by atoms with E-state index >= 15 is 0 Å². The normalized spacial score (nSPS) is 23.2. The highest BCUT2D eigenvalue weighted by Gasteiger charge is 2.42. The van der Waals surface area contributed by atoms with Crippen molar-refractivity contribution >= 4 is 23.8 Å². The lowest BCUT2D eigenvalue weighted by atomic mass is 9.62. The number of urea groups is 1. The van der Waals surface area contributed by atoms with E-state index in [2.05, 4.69) is 48.8 Å². The predicted octanol–water partition coefficient (Wildman–Crippen LogP) is 5.21. The molecule has 1 saturated carbocycles. The highest BCUT2D eigenvalue weighted by atomic mass is 16.6. The van der Waals surface area contributed by atoms with Crippen molar-refractivity contribution in [3.8, 4) is 12.3 Å². The molecular weight excluding hydrogens is 608 g/mol. The lowest BCUT2D eigenvalue weighted by Gasteiger charge is -2.47. The largest absolute Gasteiger partial charge is 0.459 e. The zero-order valence-electron chi connectivity index (χ0n) is 28.9. The molecule has 258 valence electrons. The number of nitrogens with zero attached hydrogens (tertiary/aromatic N) is 2. The van der Waals surface area contributed by atoms with Crippen LogP contribution in [0.25, 0.3) is 0 Å². The van der Waals surface area contributed by atoms with Crippen molar-refractivity contribution in [1.29, 1.82) is 0 Å². The summed E-state index contributed by atoms with van der Waals surface area (Å²) in [5.41, 5.74) is 0.743. The van der Waals surface area contributed by atoms with Crippen LogP contribution in [0.15, 0.2) is 66.7 Å². The van der Waals surface area contributed by atoms with E-state index in [-0.39, 0.29) is 47.7 Å². The number of carbonyl (C=O) groups is 3. The van der Waals surface area contributed by atoms with Crippen LogP contribution in [0.2, 0.25) is 0 Å². The van der Waals surface area contributed by atoms with Crippen LogP contribution in [0.1, 0.15) is 65.0 Å². The molecule has 2 aromatic rings. The first kappa shape index (κ1) is 36.3. The Morgan fingerprint density at radius 3 is 2.29 bits per heavy atom. The van der Waals surface area contributed by atoms with Crippen LogP contribution in [0.3, 0.4) is 0 Å². The third kappa shape index (κ3) is 9.10. The number of hydrogen-bond acceptors (Lipinski definition) is 7. The third-order valence-corrected chi connectivity index (χ3v) is 9.27. The van der Waals surface area contributed by atoms with Gasteiger partial charge in [0.25, 0.3) is 0 Å². The maximum absolute atomic E-state index is 13.4. The fourth-order valence-electron chi connectivity index (χ4n) is 7.28. The molecule has 2 aromatic carbocycles. The lowest BCUT2D eigenvalue weighted by Crippen LogP contribution is -2.58. The summed E-state index contributed by atoms with van der Waals surface area (Å²) >= 11 is 0. The molecular formula is C38H50N4O6. The minimum atomic E-state index is -1.52. The van der Waals surface area contributed by atoms with E-state index in [9.17, 15) is 19.5 Å². The molecule has 1 aliphatic heterocycles. The molecule has 2 aliphatic rings. The van der Waals surface area contributed by atoms with Gasteiger partial charge in [0.05, 0.1) is 0 Å². The Kier molecular flexibility index (Phi) is 11.5. The van der Waals surface area contributed by atoms with Crippen molar-refractivity contribution in [3.05, 3.63) is 77.9 Å². The minimum absolute atomic E-state index is 0.0279. The van der Waals surface area contributed by atoms with E-state index in [0.717, 1.165) is 18.5 Å². The topological polar surface area (TPSA) is 120 Å². The van der Waals surface area contributed by atoms with Gasteiger partial charge < -0.3 is 35.0 Å². The van der Waals surface area contributed by atoms with Crippen LogP contribution in [0.4, 0.5) is 15.3 Å². The molecule has 0 bridgehead atoms. The maximum atomic E-state index is 13.4. The van der Waals surface area contributed by atoms with Crippen molar-refractivity contribution in [2.45, 2.75) is 71.6 Å². The number of amides is 3. The summed E-state index contributed by atoms with van der Waals surface area (Å²) in [6.45, 7) is 15.9. The van der Waals surface area contributed by atoms with Gasteiger partial charge in [-0.1, -0.05) is 75.7 Å². The SMILES string of the molecule is C#CC(O)(c1ccccc1)c1ccc(N2CCN(C(=O)NCC3(C)CC(NC(=O)OCCOC(=O)C(=C)C)CC(C)(C)C3)C(C)C2)cc1. The number of piperazine rings is 1. The second-order valence-corrected chi connectivity index (χ2v) is 14.4. The van der Waals surface area contributed by atoms with Crippen molar-refractivity contribution in [2.24, 2.45) is 10.8 Å². The minimum Gasteiger partial charge on any atom is -0.459 e. The first-order valence-electron chi connectivity index (χ1n) is 16.6. The maximum Gasteiger partial charge on any atom is 0.407 e. The van der Waals surface area contributed by atoms with Crippen LogP contribution < -0.4 is 15.5 Å². The molecule has 10 heteroatoms. The van der Waals surface area contributed by atoms with Crippen molar-refractivity contribution < 1.29 is 29.0 Å². The van der Waals surface area contributed by atoms with Gasteiger partial charge in [-0.2, -0.15) is 0 Å². The Morgan fingerprint density at radius 2 is 1.67 bits per heavy atom. The zero-order valence-corrected chi connectivity index (χ0v) is 28.9. The summed E-state index contributed by atoms with van der Waals surface area (Å²) in [6.07, 6.45) is 7.59. The molecule has 1 aliphatic carbocycles. The summed E-state index contributed by atoms with van der Waals surface area (Å²) in [5, 5.41) is 17.4. The fraction of sp³-hybridized carbons (Fsp3) is 0.500. The van der Waals surface area contributed by atoms with Crippen LogP contribution in [0.5, 0.6) is 0 Å². The van der Waals surface area contributed by atoms with Gasteiger partial charge >= 0.3 is 18.1 Å². The fourth-order valence-corrected chi connectivity index (χ4v) is 7.28. The quantitative estimate of drug-likeness (QED) is 0.139. The Bertz CT molecular complexity index is 1500. The Morgan fingerprint density at radius 1 is 1.02 bits per heavy atom. The van der Waals surface area contributed by atoms with Crippen molar-refractivity contribution in [3.63, 3.8) is 0 Å². The standard InChI is InChI=1S/C38H50N4O6/c1-8-38(46,29-12-10-9-11-13-29)30-14-16-32(17-15-30)41-18-19-42(28(4)24-41)34(44)39-26-37(7)23-31(22-36(5,6)25-37)40-35(45)48-21-20-47-33(43)27(2)3/h1,9-17,28,31,46H,2,18-26H2,3-7H3,(H,39,44)(H,40,45). The molecule has 48 heavy (non-hydrogen) atoms. The molecule has 1 heterocycles. The van der Waals surface area contributed by atoms with Crippen LogP contribution >= 0.6 is 0 Å². The molecule has 0 radical (unpaired) electrons. The summed E-state index contributed by atoms with van der Waals surface area (Å²) < 4.78 is 10.2. The second-order valence-electron chi connectivity index (χ2n) is 14.4. The van der Waals surface area contributed by atoms with E-state index < -0.39 is 17.7 Å². The molecule has 0 aromatic heterocycles. The van der Waals surface area contributed by atoms with E-state index in [1.807, 2.05) is 66.4 Å². The summed E-state index contributed by atoms with van der Waals surface area (Å²) in [4.78, 5) is 41.6. The van der Waals surface area contributed by atoms with Gasteiger partial charge in [0.15, 0.2) is 5.60 Å². The van der Waals surface area contributed by atoms with Crippen molar-refractivity contribution in [1.82, 2.24) is 15.5 Å². The monoisotopic (exact) mass is 658 g/mol. The van der Waals surface area contributed by atoms with Gasteiger partial charge in [-0.3, -0.25) is 0 Å². The van der Waals surface area contributed by atoms with Crippen molar-refractivity contribution in [2.75, 3.05) is 44.3 Å². The van der Waals surface area contributed by atoms with Gasteiger partial charge in [-0.25, -0.2) is 14.4 Å². The van der Waals surface area contributed by atoms with Crippen LogP contribution in [-0.4, -0.2) is 79.6 Å². The Labute approximate surface area is 284 Å². The number of carbonyl (C=O) groups excluding carboxylic acids is 3. The lowest BCUT2D eigenvalue weighted by molar-refractivity contribution is -0.139. The highest BCUT2D eigenvalue weighted by molar-refractivity contribution is 5.86. The Balaban J connectivity index is 1.28. The van der Waals surface area contributed by atoms with Crippen LogP contribution in [-0.2, 0) is 19.9 Å². The number of rotatable bonds is 10. The molecule has 4 atom stereocenters. The van der Waals surface area contributed by atoms with E-state index in [1.54, 1.807) is 6.92 Å². The average molecular weight is 659 g/mol. The molecule has 1 saturated heterocycles. The number of esters is 1. The van der Waals surface area contributed by atoms with E-state index in [1.165, 1.54) is 0 Å². The molecule has 4 rings (SSSR count). The van der Waals surface area contributed by atoms with E-state index in [0.29, 0.717) is 43.7 Å². The number of alkyl carbamates (subject to hydrolysis) is 1. The highest BCUT2D eigenvalue weighted by Crippen LogP contribution is 2.46. The van der Waals surface area contributed by atoms with E-state index in [4.69, 9.17) is 15.9 Å².